The van der Waals surface area contributed by atoms with Crippen molar-refractivity contribution in [1.29, 1.82) is 0 Å². The quantitative estimate of drug-likeness (QED) is 0.585. The molecule has 3 aromatic rings. The summed E-state index contributed by atoms with van der Waals surface area (Å²) in [5, 5.41) is 1.25. The fraction of sp³-hybridized carbons (Fsp3) is 0.318. The van der Waals surface area contributed by atoms with E-state index in [1.807, 2.05) is 0 Å². The van der Waals surface area contributed by atoms with Gasteiger partial charge >= 0.3 is 0 Å². The number of rotatable bonds is 2. The number of hydrogen-bond acceptors (Lipinski definition) is 1. The molecule has 1 aliphatic carbocycles. The van der Waals surface area contributed by atoms with Gasteiger partial charge in [-0.1, -0.05) is 36.1 Å². The lowest BCUT2D eigenvalue weighted by Crippen LogP contribution is -1.95. The Balaban J connectivity index is 1.82. The maximum absolute atomic E-state index is 4.87. The summed E-state index contributed by atoms with van der Waals surface area (Å²) in [5.41, 5.74) is 7.12. The van der Waals surface area contributed by atoms with Crippen LogP contribution >= 0.6 is 0 Å². The molecule has 1 heteroatoms. The topological polar surface area (TPSA) is 12.9 Å². The van der Waals surface area contributed by atoms with Crippen LogP contribution in [0.3, 0.4) is 0 Å². The molecule has 1 fully saturated rings. The molecule has 0 saturated heterocycles. The maximum atomic E-state index is 4.87. The predicted molar refractivity (Wildman–Crippen MR) is 95.5 cm³/mol. The zero-order valence-corrected chi connectivity index (χ0v) is 13.8. The van der Waals surface area contributed by atoms with Crippen LogP contribution < -0.4 is 0 Å². The van der Waals surface area contributed by atoms with Crippen molar-refractivity contribution in [2.45, 2.75) is 45.4 Å². The summed E-state index contributed by atoms with van der Waals surface area (Å²) < 4.78 is 0. The van der Waals surface area contributed by atoms with Gasteiger partial charge in [-0.3, -0.25) is 0 Å². The zero-order chi connectivity index (χ0) is 15.8. The van der Waals surface area contributed by atoms with Gasteiger partial charge in [0.1, 0.15) is 5.52 Å². The average molecular weight is 299 g/mol. The SMILES string of the molecule is Cc1cc(C)cc(-c2ccc3c(C4CCCC4)cc#cc3n2)c1. The minimum Gasteiger partial charge on any atom is -0.239 e. The molecule has 0 atom stereocenters. The van der Waals surface area contributed by atoms with Gasteiger partial charge in [-0.25, -0.2) is 4.98 Å². The Morgan fingerprint density at radius 1 is 1.00 bits per heavy atom. The summed E-state index contributed by atoms with van der Waals surface area (Å²) >= 11 is 0. The summed E-state index contributed by atoms with van der Waals surface area (Å²) in [4.78, 5) is 4.87. The first-order valence-electron chi connectivity index (χ1n) is 8.52. The number of aromatic nitrogens is 1. The highest BCUT2D eigenvalue weighted by Gasteiger charge is 2.19. The van der Waals surface area contributed by atoms with E-state index in [9.17, 15) is 0 Å². The minimum atomic E-state index is 0.678. The molecule has 0 aliphatic heterocycles. The second-order valence-electron chi connectivity index (χ2n) is 6.82. The summed E-state index contributed by atoms with van der Waals surface area (Å²) in [6, 6.07) is 19.5. The number of benzene rings is 1. The van der Waals surface area contributed by atoms with Crippen molar-refractivity contribution in [3.63, 3.8) is 0 Å². The van der Waals surface area contributed by atoms with Gasteiger partial charge in [0.2, 0.25) is 0 Å². The van der Waals surface area contributed by atoms with Crippen LogP contribution in [0.4, 0.5) is 0 Å². The van der Waals surface area contributed by atoms with Crippen LogP contribution in [0.5, 0.6) is 0 Å². The molecule has 0 bridgehead atoms. The smallest absolute Gasteiger partial charge is 0.121 e. The highest BCUT2D eigenvalue weighted by molar-refractivity contribution is 5.84. The van der Waals surface area contributed by atoms with Crippen LogP contribution in [0.1, 0.15) is 48.3 Å². The van der Waals surface area contributed by atoms with Crippen molar-refractivity contribution >= 4 is 10.9 Å². The van der Waals surface area contributed by atoms with E-state index >= 15 is 0 Å². The molecule has 2 aromatic carbocycles. The van der Waals surface area contributed by atoms with Crippen molar-refractivity contribution in [3.8, 4) is 11.3 Å². The molecule has 1 aliphatic rings. The molecule has 23 heavy (non-hydrogen) atoms. The fourth-order valence-electron chi connectivity index (χ4n) is 3.91. The molecule has 1 nitrogen and oxygen atoms in total. The Hall–Kier alpha value is -2.33. The van der Waals surface area contributed by atoms with E-state index in [2.05, 4.69) is 62.4 Å². The number of fused-ring (bicyclic) bond motifs is 1. The van der Waals surface area contributed by atoms with Crippen LogP contribution in [0.25, 0.3) is 22.2 Å². The van der Waals surface area contributed by atoms with Crippen molar-refractivity contribution < 1.29 is 0 Å². The van der Waals surface area contributed by atoms with E-state index in [1.54, 1.807) is 0 Å². The average Bonchev–Trinajstić information content (AvgIpc) is 3.07. The van der Waals surface area contributed by atoms with Crippen molar-refractivity contribution in [1.82, 2.24) is 4.98 Å². The van der Waals surface area contributed by atoms with Crippen LogP contribution in [0.2, 0.25) is 0 Å². The van der Waals surface area contributed by atoms with Gasteiger partial charge < -0.3 is 0 Å². The lowest BCUT2D eigenvalue weighted by Gasteiger charge is -2.12. The van der Waals surface area contributed by atoms with E-state index in [1.165, 1.54) is 53.3 Å². The Labute approximate surface area is 138 Å². The van der Waals surface area contributed by atoms with Crippen LogP contribution in [-0.2, 0) is 0 Å². The van der Waals surface area contributed by atoms with Crippen molar-refractivity contribution in [2.24, 2.45) is 0 Å². The normalized spacial score (nSPS) is 15.0. The number of hydrogen-bond donors (Lipinski definition) is 0. The van der Waals surface area contributed by atoms with Gasteiger partial charge in [0.25, 0.3) is 0 Å². The van der Waals surface area contributed by atoms with Crippen LogP contribution in [-0.4, -0.2) is 4.98 Å². The third-order valence-electron chi connectivity index (χ3n) is 4.94. The molecule has 0 spiro atoms. The number of nitrogens with zero attached hydrogens (tertiary/aromatic N) is 1. The second-order valence-corrected chi connectivity index (χ2v) is 6.82. The van der Waals surface area contributed by atoms with Gasteiger partial charge in [0, 0.05) is 10.9 Å². The first-order valence-corrected chi connectivity index (χ1v) is 8.52. The van der Waals surface area contributed by atoms with E-state index in [4.69, 9.17) is 4.98 Å². The first kappa shape index (κ1) is 14.3. The fourth-order valence-corrected chi connectivity index (χ4v) is 3.91. The first-order chi connectivity index (χ1) is 11.2. The molecule has 0 radical (unpaired) electrons. The number of aryl methyl sites for hydroxylation is 2. The molecule has 114 valence electrons. The van der Waals surface area contributed by atoms with Gasteiger partial charge in [-0.2, -0.15) is 0 Å². The van der Waals surface area contributed by atoms with Crippen LogP contribution in [0.15, 0.2) is 36.4 Å². The highest BCUT2D eigenvalue weighted by atomic mass is 14.7. The largest absolute Gasteiger partial charge is 0.239 e. The minimum absolute atomic E-state index is 0.678. The molecule has 4 rings (SSSR count). The third kappa shape index (κ3) is 2.70. The molecule has 0 amide bonds. The predicted octanol–water partition coefficient (Wildman–Crippen LogP) is 5.78. The highest BCUT2D eigenvalue weighted by Crippen LogP contribution is 2.37. The van der Waals surface area contributed by atoms with Crippen LogP contribution in [0, 0.1) is 26.0 Å². The summed E-state index contributed by atoms with van der Waals surface area (Å²) in [7, 11) is 0. The molecule has 1 saturated carbocycles. The molecule has 1 heterocycles. The molecule has 0 N–H and O–H groups in total. The van der Waals surface area contributed by atoms with E-state index in [-0.39, 0.29) is 0 Å². The second kappa shape index (κ2) is 5.70. The summed E-state index contributed by atoms with van der Waals surface area (Å²) in [6.07, 6.45) is 5.29. The lowest BCUT2D eigenvalue weighted by atomic mass is 9.94. The van der Waals surface area contributed by atoms with Crippen molar-refractivity contribution in [2.75, 3.05) is 0 Å². The van der Waals surface area contributed by atoms with Crippen molar-refractivity contribution in [3.05, 3.63) is 65.2 Å². The Morgan fingerprint density at radius 2 is 1.74 bits per heavy atom. The number of pyridine rings is 1. The Bertz CT molecular complexity index is 837. The van der Waals surface area contributed by atoms with Gasteiger partial charge in [0.15, 0.2) is 0 Å². The zero-order valence-electron chi connectivity index (χ0n) is 13.8. The molecular formula is C22H21N. The standard InChI is InChI=1S/C22H21N/c1-15-12-16(2)14-18(13-15)21-11-10-20-19(17-6-3-4-7-17)8-5-9-22(20)23-21/h8,10-14,17H,3-4,6-7H2,1-2H3. The molecule has 1 aromatic heterocycles. The van der Waals surface area contributed by atoms with Gasteiger partial charge in [-0.15, -0.1) is 0 Å². The van der Waals surface area contributed by atoms with Gasteiger partial charge in [-0.05, 0) is 74.6 Å². The monoisotopic (exact) mass is 299 g/mol. The third-order valence-corrected chi connectivity index (χ3v) is 4.94. The summed E-state index contributed by atoms with van der Waals surface area (Å²) in [6.45, 7) is 4.27. The molecule has 0 unspecified atom stereocenters. The Kier molecular flexibility index (Phi) is 3.54. The summed E-state index contributed by atoms with van der Waals surface area (Å²) in [5.74, 6) is 0.678. The Morgan fingerprint density at radius 3 is 2.48 bits per heavy atom. The van der Waals surface area contributed by atoms with Gasteiger partial charge in [0.05, 0.1) is 5.69 Å². The van der Waals surface area contributed by atoms with E-state index < -0.39 is 0 Å². The lowest BCUT2D eigenvalue weighted by molar-refractivity contribution is 0.729. The van der Waals surface area contributed by atoms with E-state index in [0.29, 0.717) is 5.92 Å². The maximum Gasteiger partial charge on any atom is 0.121 e. The van der Waals surface area contributed by atoms with E-state index in [0.717, 1.165) is 11.2 Å². The molecular weight excluding hydrogens is 278 g/mol.